The van der Waals surface area contributed by atoms with Crippen molar-refractivity contribution in [2.45, 2.75) is 51.7 Å². The van der Waals surface area contributed by atoms with E-state index in [0.29, 0.717) is 19.0 Å². The summed E-state index contributed by atoms with van der Waals surface area (Å²) in [5.74, 6) is 1.14. The van der Waals surface area contributed by atoms with Crippen molar-refractivity contribution in [3.63, 3.8) is 0 Å². The fourth-order valence-corrected chi connectivity index (χ4v) is 3.91. The van der Waals surface area contributed by atoms with Crippen molar-refractivity contribution in [3.8, 4) is 5.75 Å². The number of aryl methyl sites for hydroxylation is 1. The average molecular weight is 373 g/mol. The van der Waals surface area contributed by atoms with Crippen molar-refractivity contribution in [2.75, 3.05) is 26.2 Å². The summed E-state index contributed by atoms with van der Waals surface area (Å²) < 4.78 is 5.84. The summed E-state index contributed by atoms with van der Waals surface area (Å²) in [5, 5.41) is 6.28. The molecule has 2 saturated heterocycles. The minimum absolute atomic E-state index is 0.0185. The summed E-state index contributed by atoms with van der Waals surface area (Å²) in [6.07, 6.45) is 3.46. The topological polar surface area (TPSA) is 70.7 Å². The number of piperidine rings is 1. The SMILES string of the molecule is Cc1cccc(OC(C)C(=O)N2CCCC(CNC(=O)C3CCCN3)C2)c1. The number of ether oxygens (including phenoxy) is 1. The van der Waals surface area contributed by atoms with Gasteiger partial charge in [-0.3, -0.25) is 9.59 Å². The van der Waals surface area contributed by atoms with E-state index in [4.69, 9.17) is 4.74 Å². The van der Waals surface area contributed by atoms with Gasteiger partial charge in [0, 0.05) is 19.6 Å². The first-order valence-electron chi connectivity index (χ1n) is 10.1. The zero-order valence-corrected chi connectivity index (χ0v) is 16.4. The maximum absolute atomic E-state index is 12.8. The molecule has 0 aromatic heterocycles. The first-order chi connectivity index (χ1) is 13.0. The van der Waals surface area contributed by atoms with Crippen LogP contribution in [0.3, 0.4) is 0 Å². The summed E-state index contributed by atoms with van der Waals surface area (Å²) in [4.78, 5) is 26.8. The van der Waals surface area contributed by atoms with E-state index >= 15 is 0 Å². The molecular weight excluding hydrogens is 342 g/mol. The van der Waals surface area contributed by atoms with Gasteiger partial charge in [0.2, 0.25) is 5.91 Å². The summed E-state index contributed by atoms with van der Waals surface area (Å²) in [7, 11) is 0. The van der Waals surface area contributed by atoms with Crippen molar-refractivity contribution in [1.82, 2.24) is 15.5 Å². The van der Waals surface area contributed by atoms with Gasteiger partial charge in [-0.25, -0.2) is 0 Å². The van der Waals surface area contributed by atoms with E-state index in [1.54, 1.807) is 0 Å². The maximum atomic E-state index is 12.8. The van der Waals surface area contributed by atoms with Crippen LogP contribution in [0, 0.1) is 12.8 Å². The molecule has 3 rings (SSSR count). The summed E-state index contributed by atoms with van der Waals surface area (Å²) in [6.45, 7) is 6.80. The lowest BCUT2D eigenvalue weighted by molar-refractivity contribution is -0.139. The van der Waals surface area contributed by atoms with Crippen molar-refractivity contribution in [3.05, 3.63) is 29.8 Å². The number of carbonyl (C=O) groups is 2. The van der Waals surface area contributed by atoms with Crippen LogP contribution in [0.4, 0.5) is 0 Å². The lowest BCUT2D eigenvalue weighted by Gasteiger charge is -2.34. The molecule has 2 aliphatic heterocycles. The molecule has 1 aromatic rings. The molecule has 2 aliphatic rings. The number of benzene rings is 1. The Labute approximate surface area is 161 Å². The molecule has 148 valence electrons. The number of hydrogen-bond donors (Lipinski definition) is 2. The molecule has 0 saturated carbocycles. The van der Waals surface area contributed by atoms with E-state index in [0.717, 1.165) is 50.1 Å². The third-order valence-corrected chi connectivity index (χ3v) is 5.42. The lowest BCUT2D eigenvalue weighted by Crippen LogP contribution is -2.49. The van der Waals surface area contributed by atoms with Gasteiger partial charge in [0.25, 0.3) is 5.91 Å². The third-order valence-electron chi connectivity index (χ3n) is 5.42. The lowest BCUT2D eigenvalue weighted by atomic mass is 9.97. The van der Waals surface area contributed by atoms with Crippen LogP contribution in [0.2, 0.25) is 0 Å². The summed E-state index contributed by atoms with van der Waals surface area (Å²) in [5.41, 5.74) is 1.11. The number of nitrogens with zero attached hydrogens (tertiary/aromatic N) is 1. The van der Waals surface area contributed by atoms with Gasteiger partial charge in [0.05, 0.1) is 6.04 Å². The first-order valence-corrected chi connectivity index (χ1v) is 10.1. The molecule has 3 atom stereocenters. The second kappa shape index (κ2) is 9.22. The Morgan fingerprint density at radius 3 is 2.93 bits per heavy atom. The maximum Gasteiger partial charge on any atom is 0.263 e. The molecule has 0 aliphatic carbocycles. The first kappa shape index (κ1) is 19.7. The molecule has 2 heterocycles. The van der Waals surface area contributed by atoms with Crippen LogP contribution >= 0.6 is 0 Å². The molecule has 0 bridgehead atoms. The standard InChI is InChI=1S/C21H31N3O3/c1-15-6-3-8-18(12-15)27-16(2)21(26)24-11-5-7-17(14-24)13-23-20(25)19-9-4-10-22-19/h3,6,8,12,16-17,19,22H,4-5,7,9-11,13-14H2,1-2H3,(H,23,25). The molecule has 27 heavy (non-hydrogen) atoms. The van der Waals surface area contributed by atoms with Crippen LogP contribution in [-0.4, -0.2) is 55.0 Å². The fraction of sp³-hybridized carbons (Fsp3) is 0.619. The fourth-order valence-electron chi connectivity index (χ4n) is 3.91. The smallest absolute Gasteiger partial charge is 0.263 e. The van der Waals surface area contributed by atoms with E-state index in [-0.39, 0.29) is 17.9 Å². The van der Waals surface area contributed by atoms with E-state index in [9.17, 15) is 9.59 Å². The molecule has 0 spiro atoms. The highest BCUT2D eigenvalue weighted by atomic mass is 16.5. The van der Waals surface area contributed by atoms with Crippen molar-refractivity contribution >= 4 is 11.8 Å². The Morgan fingerprint density at radius 1 is 1.33 bits per heavy atom. The predicted octanol–water partition coefficient (Wildman–Crippen LogP) is 1.87. The Hall–Kier alpha value is -2.08. The van der Waals surface area contributed by atoms with Gasteiger partial charge in [-0.05, 0) is 69.7 Å². The van der Waals surface area contributed by atoms with E-state index in [2.05, 4.69) is 10.6 Å². The number of nitrogens with one attached hydrogen (secondary N) is 2. The van der Waals surface area contributed by atoms with E-state index in [1.807, 2.05) is 43.0 Å². The molecular formula is C21H31N3O3. The number of carbonyl (C=O) groups excluding carboxylic acids is 2. The van der Waals surface area contributed by atoms with Crippen LogP contribution in [0.15, 0.2) is 24.3 Å². The summed E-state index contributed by atoms with van der Waals surface area (Å²) in [6, 6.07) is 7.71. The largest absolute Gasteiger partial charge is 0.481 e. The molecule has 3 unspecified atom stereocenters. The van der Waals surface area contributed by atoms with E-state index in [1.165, 1.54) is 0 Å². The minimum atomic E-state index is -0.511. The highest BCUT2D eigenvalue weighted by Gasteiger charge is 2.29. The van der Waals surface area contributed by atoms with Crippen LogP contribution < -0.4 is 15.4 Å². The molecule has 2 amide bonds. The Balaban J connectivity index is 1.47. The van der Waals surface area contributed by atoms with Gasteiger partial charge in [0.15, 0.2) is 6.10 Å². The number of rotatable bonds is 6. The van der Waals surface area contributed by atoms with E-state index < -0.39 is 6.10 Å². The number of hydrogen-bond acceptors (Lipinski definition) is 4. The highest BCUT2D eigenvalue weighted by Crippen LogP contribution is 2.19. The van der Waals surface area contributed by atoms with Gasteiger partial charge >= 0.3 is 0 Å². The van der Waals surface area contributed by atoms with Gasteiger partial charge in [-0.1, -0.05) is 12.1 Å². The molecule has 6 nitrogen and oxygen atoms in total. The summed E-state index contributed by atoms with van der Waals surface area (Å²) >= 11 is 0. The van der Waals surface area contributed by atoms with Crippen LogP contribution in [0.25, 0.3) is 0 Å². The van der Waals surface area contributed by atoms with Gasteiger partial charge < -0.3 is 20.3 Å². The average Bonchev–Trinajstić information content (AvgIpc) is 3.20. The Morgan fingerprint density at radius 2 is 2.19 bits per heavy atom. The van der Waals surface area contributed by atoms with Crippen molar-refractivity contribution < 1.29 is 14.3 Å². The van der Waals surface area contributed by atoms with Crippen molar-refractivity contribution in [2.24, 2.45) is 5.92 Å². The molecule has 2 fully saturated rings. The minimum Gasteiger partial charge on any atom is -0.481 e. The van der Waals surface area contributed by atoms with Gasteiger partial charge in [-0.2, -0.15) is 0 Å². The van der Waals surface area contributed by atoms with Crippen LogP contribution in [-0.2, 0) is 9.59 Å². The Kier molecular flexibility index (Phi) is 6.72. The highest BCUT2D eigenvalue weighted by molar-refractivity contribution is 5.82. The molecule has 6 heteroatoms. The van der Waals surface area contributed by atoms with Gasteiger partial charge in [-0.15, -0.1) is 0 Å². The Bertz CT molecular complexity index is 658. The number of likely N-dealkylation sites (tertiary alicyclic amines) is 1. The molecule has 2 N–H and O–H groups in total. The second-order valence-corrected chi connectivity index (χ2v) is 7.76. The van der Waals surface area contributed by atoms with Crippen LogP contribution in [0.1, 0.15) is 38.2 Å². The second-order valence-electron chi connectivity index (χ2n) is 7.76. The molecule has 1 aromatic carbocycles. The van der Waals surface area contributed by atoms with Crippen molar-refractivity contribution in [1.29, 1.82) is 0 Å². The normalized spacial score (nSPS) is 23.7. The van der Waals surface area contributed by atoms with Crippen LogP contribution in [0.5, 0.6) is 5.75 Å². The van der Waals surface area contributed by atoms with Gasteiger partial charge in [0.1, 0.15) is 5.75 Å². The number of amides is 2. The quantitative estimate of drug-likeness (QED) is 0.799. The zero-order chi connectivity index (χ0) is 19.2. The zero-order valence-electron chi connectivity index (χ0n) is 16.4. The monoisotopic (exact) mass is 373 g/mol. The predicted molar refractivity (Wildman–Crippen MR) is 105 cm³/mol. The molecule has 0 radical (unpaired) electrons. The third kappa shape index (κ3) is 5.45.